The fraction of sp³-hybridized carbons (Fsp3) is 0.357. The molecule has 1 aliphatic rings. The summed E-state index contributed by atoms with van der Waals surface area (Å²) in [7, 11) is 1.61. The molecule has 0 aliphatic carbocycles. The highest BCUT2D eigenvalue weighted by Crippen LogP contribution is 2.35. The van der Waals surface area contributed by atoms with Crippen molar-refractivity contribution in [2.24, 2.45) is 0 Å². The van der Waals surface area contributed by atoms with Crippen molar-refractivity contribution in [2.45, 2.75) is 38.8 Å². The molecule has 6 nitrogen and oxygen atoms in total. The van der Waals surface area contributed by atoms with E-state index in [0.29, 0.717) is 30.2 Å². The molecule has 0 spiro atoms. The Labute approximate surface area is 211 Å². The van der Waals surface area contributed by atoms with E-state index in [2.05, 4.69) is 11.4 Å². The van der Waals surface area contributed by atoms with Crippen molar-refractivity contribution in [3.8, 4) is 11.5 Å². The summed E-state index contributed by atoms with van der Waals surface area (Å²) >= 11 is 1.71. The summed E-state index contributed by atoms with van der Waals surface area (Å²) in [5.41, 5.74) is 1.17. The first kappa shape index (κ1) is 24.8. The second-order valence-electron chi connectivity index (χ2n) is 9.54. The molecule has 0 bridgehead atoms. The van der Waals surface area contributed by atoms with Gasteiger partial charge in [-0.2, -0.15) is 0 Å². The van der Waals surface area contributed by atoms with Crippen molar-refractivity contribution >= 4 is 23.2 Å². The van der Waals surface area contributed by atoms with Crippen LogP contribution < -0.4 is 9.47 Å². The molecular formula is C28H32N2O4S. The molecule has 1 aromatic heterocycles. The van der Waals surface area contributed by atoms with E-state index in [4.69, 9.17) is 9.47 Å². The van der Waals surface area contributed by atoms with Crippen LogP contribution in [-0.4, -0.2) is 54.0 Å². The zero-order chi connectivity index (χ0) is 25.0. The Balaban J connectivity index is 1.57. The summed E-state index contributed by atoms with van der Waals surface area (Å²) in [6, 6.07) is 18.5. The molecule has 0 fully saturated rings. The summed E-state index contributed by atoms with van der Waals surface area (Å²) in [5.74, 6) is 1.05. The maximum Gasteiger partial charge on any atom is 0.254 e. The molecule has 2 amide bonds. The molecule has 0 saturated heterocycles. The van der Waals surface area contributed by atoms with Crippen molar-refractivity contribution in [1.29, 1.82) is 0 Å². The van der Waals surface area contributed by atoms with Crippen molar-refractivity contribution in [2.75, 3.05) is 26.8 Å². The largest absolute Gasteiger partial charge is 0.493 e. The van der Waals surface area contributed by atoms with Gasteiger partial charge in [0.15, 0.2) is 11.5 Å². The van der Waals surface area contributed by atoms with Crippen molar-refractivity contribution in [3.63, 3.8) is 0 Å². The first-order valence-corrected chi connectivity index (χ1v) is 12.7. The van der Waals surface area contributed by atoms with Crippen LogP contribution in [0.25, 0.3) is 0 Å². The van der Waals surface area contributed by atoms with E-state index in [-0.39, 0.29) is 24.4 Å². The molecule has 35 heavy (non-hydrogen) atoms. The van der Waals surface area contributed by atoms with Gasteiger partial charge in [-0.15, -0.1) is 11.3 Å². The Morgan fingerprint density at radius 1 is 1.03 bits per heavy atom. The highest BCUT2D eigenvalue weighted by Gasteiger charge is 2.36. The van der Waals surface area contributed by atoms with Gasteiger partial charge in [-0.25, -0.2) is 0 Å². The van der Waals surface area contributed by atoms with Gasteiger partial charge in [0.2, 0.25) is 5.91 Å². The number of rotatable bonds is 7. The second kappa shape index (κ2) is 10.5. The Morgan fingerprint density at radius 3 is 2.40 bits per heavy atom. The number of nitrogens with zero attached hydrogens (tertiary/aromatic N) is 2. The summed E-state index contributed by atoms with van der Waals surface area (Å²) in [5, 5.41) is 2.06. The van der Waals surface area contributed by atoms with Crippen LogP contribution in [0.1, 0.15) is 47.6 Å². The van der Waals surface area contributed by atoms with Crippen LogP contribution in [0.15, 0.2) is 66.0 Å². The Kier molecular flexibility index (Phi) is 7.45. The van der Waals surface area contributed by atoms with Gasteiger partial charge in [0.25, 0.3) is 5.91 Å². The third-order valence-corrected chi connectivity index (χ3v) is 7.25. The van der Waals surface area contributed by atoms with Gasteiger partial charge in [-0.3, -0.25) is 9.59 Å². The lowest BCUT2D eigenvalue weighted by atomic mass is 9.99. The SMILES string of the molecule is COc1ccccc1OC[C@@H]1c2ccsc2CCN1C(=O)CN(C(=O)c1ccccc1)C(C)(C)C. The van der Waals surface area contributed by atoms with E-state index in [1.54, 1.807) is 35.5 Å². The molecule has 184 valence electrons. The average Bonchev–Trinajstić information content (AvgIpc) is 3.34. The lowest BCUT2D eigenvalue weighted by Gasteiger charge is -2.40. The molecule has 4 rings (SSSR count). The van der Waals surface area contributed by atoms with Crippen molar-refractivity contribution in [1.82, 2.24) is 9.80 Å². The van der Waals surface area contributed by atoms with Gasteiger partial charge >= 0.3 is 0 Å². The van der Waals surface area contributed by atoms with Crippen LogP contribution in [0, 0.1) is 0 Å². The van der Waals surface area contributed by atoms with Gasteiger partial charge < -0.3 is 19.3 Å². The van der Waals surface area contributed by atoms with Crippen LogP contribution >= 0.6 is 11.3 Å². The molecule has 0 saturated carbocycles. The quantitative estimate of drug-likeness (QED) is 0.455. The van der Waals surface area contributed by atoms with E-state index >= 15 is 0 Å². The maximum absolute atomic E-state index is 13.7. The van der Waals surface area contributed by atoms with Gasteiger partial charge in [-0.05, 0) is 68.5 Å². The Hall–Kier alpha value is -3.32. The maximum atomic E-state index is 13.7. The number of fused-ring (bicyclic) bond motifs is 1. The highest BCUT2D eigenvalue weighted by atomic mass is 32.1. The number of hydrogen-bond acceptors (Lipinski definition) is 5. The number of carbonyl (C=O) groups excluding carboxylic acids is 2. The summed E-state index contributed by atoms with van der Waals surface area (Å²) in [6.45, 7) is 6.76. The molecule has 2 aromatic carbocycles. The predicted molar refractivity (Wildman–Crippen MR) is 138 cm³/mol. The van der Waals surface area contributed by atoms with Gasteiger partial charge in [-0.1, -0.05) is 30.3 Å². The Morgan fingerprint density at radius 2 is 1.71 bits per heavy atom. The predicted octanol–water partition coefficient (Wildman–Crippen LogP) is 5.20. The number of hydrogen-bond donors (Lipinski definition) is 0. The number of amides is 2. The number of carbonyl (C=O) groups is 2. The zero-order valence-electron chi connectivity index (χ0n) is 20.7. The van der Waals surface area contributed by atoms with E-state index in [1.165, 1.54) is 4.88 Å². The molecule has 0 N–H and O–H groups in total. The molecular weight excluding hydrogens is 460 g/mol. The topological polar surface area (TPSA) is 59.1 Å². The third-order valence-electron chi connectivity index (χ3n) is 6.25. The standard InChI is InChI=1S/C28H32N2O4S/c1-28(2,3)30(27(32)20-10-6-5-7-11-20)18-26(31)29-16-14-25-21(15-17-35-25)22(29)19-34-24-13-9-8-12-23(24)33-4/h5-13,15,17,22H,14,16,18-19H2,1-4H3/t22-/m1/s1. The number of ether oxygens (including phenoxy) is 2. The van der Waals surface area contributed by atoms with Gasteiger partial charge in [0.1, 0.15) is 13.2 Å². The fourth-order valence-electron chi connectivity index (χ4n) is 4.36. The number of methoxy groups -OCH3 is 1. The smallest absolute Gasteiger partial charge is 0.254 e. The summed E-state index contributed by atoms with van der Waals surface area (Å²) in [4.78, 5) is 31.9. The van der Waals surface area contributed by atoms with Crippen LogP contribution in [0.2, 0.25) is 0 Å². The normalized spacial score (nSPS) is 15.3. The molecule has 1 aliphatic heterocycles. The molecule has 2 heterocycles. The minimum Gasteiger partial charge on any atom is -0.493 e. The minimum absolute atomic E-state index is 0.00184. The molecule has 0 unspecified atom stereocenters. The number of benzene rings is 2. The second-order valence-corrected chi connectivity index (χ2v) is 10.5. The lowest BCUT2D eigenvalue weighted by Crippen LogP contribution is -2.53. The van der Waals surface area contributed by atoms with Crippen LogP contribution in [0.3, 0.4) is 0 Å². The molecule has 1 atom stereocenters. The first-order chi connectivity index (χ1) is 16.8. The number of thiophene rings is 1. The van der Waals surface area contributed by atoms with E-state index < -0.39 is 5.54 Å². The zero-order valence-corrected chi connectivity index (χ0v) is 21.5. The number of para-hydroxylation sites is 2. The van der Waals surface area contributed by atoms with Gasteiger partial charge in [0.05, 0.1) is 13.2 Å². The van der Waals surface area contributed by atoms with E-state index in [0.717, 1.165) is 12.0 Å². The first-order valence-electron chi connectivity index (χ1n) is 11.8. The molecule has 7 heteroatoms. The van der Waals surface area contributed by atoms with Crippen LogP contribution in [-0.2, 0) is 11.2 Å². The van der Waals surface area contributed by atoms with E-state index in [9.17, 15) is 9.59 Å². The minimum atomic E-state index is -0.519. The lowest BCUT2D eigenvalue weighted by molar-refractivity contribution is -0.136. The highest BCUT2D eigenvalue weighted by molar-refractivity contribution is 7.10. The van der Waals surface area contributed by atoms with Crippen molar-refractivity contribution < 1.29 is 19.1 Å². The van der Waals surface area contributed by atoms with Crippen molar-refractivity contribution in [3.05, 3.63) is 82.0 Å². The third kappa shape index (κ3) is 5.51. The van der Waals surface area contributed by atoms with Crippen LogP contribution in [0.5, 0.6) is 11.5 Å². The van der Waals surface area contributed by atoms with Crippen LogP contribution in [0.4, 0.5) is 0 Å². The monoisotopic (exact) mass is 492 g/mol. The van der Waals surface area contributed by atoms with Gasteiger partial charge in [0, 0.05) is 22.5 Å². The molecule has 0 radical (unpaired) electrons. The fourth-order valence-corrected chi connectivity index (χ4v) is 5.29. The summed E-state index contributed by atoms with van der Waals surface area (Å²) < 4.78 is 11.6. The Bertz CT molecular complexity index is 1170. The average molecular weight is 493 g/mol. The van der Waals surface area contributed by atoms with E-state index in [1.807, 2.05) is 68.1 Å². The summed E-state index contributed by atoms with van der Waals surface area (Å²) in [6.07, 6.45) is 0.798. The molecule has 3 aromatic rings.